The van der Waals surface area contributed by atoms with Gasteiger partial charge in [-0.2, -0.15) is 0 Å². The average Bonchev–Trinajstić information content (AvgIpc) is 2.47. The summed E-state index contributed by atoms with van der Waals surface area (Å²) < 4.78 is 4.82. The molecular weight excluding hydrogens is 356 g/mol. The molecule has 0 aliphatic heterocycles. The molecule has 8 heteroatoms. The fourth-order valence-corrected chi connectivity index (χ4v) is 1.81. The van der Waals surface area contributed by atoms with Crippen LogP contribution in [0.4, 0.5) is 0 Å². The SMILES string of the molecule is CC(=O)[O-].CC(=O)[O-].CC(=O)[O-].CCCCCCCCCCCCO[Si+3]. The van der Waals surface area contributed by atoms with Crippen LogP contribution in [0, 0.1) is 0 Å². The molecule has 0 fully saturated rings. The van der Waals surface area contributed by atoms with Gasteiger partial charge in [0.1, 0.15) is 0 Å². The van der Waals surface area contributed by atoms with Crippen molar-refractivity contribution in [3.8, 4) is 0 Å². The van der Waals surface area contributed by atoms with Crippen LogP contribution in [-0.2, 0) is 18.8 Å². The predicted molar refractivity (Wildman–Crippen MR) is 95.6 cm³/mol. The fourth-order valence-electron chi connectivity index (χ4n) is 1.66. The number of carbonyl (C=O) groups is 3. The van der Waals surface area contributed by atoms with Crippen molar-refractivity contribution in [1.82, 2.24) is 0 Å². The van der Waals surface area contributed by atoms with Crippen molar-refractivity contribution in [2.75, 3.05) is 6.61 Å². The van der Waals surface area contributed by atoms with Crippen LogP contribution in [0.25, 0.3) is 0 Å². The van der Waals surface area contributed by atoms with E-state index in [2.05, 4.69) is 17.4 Å². The number of hydrogen-bond donors (Lipinski definition) is 0. The number of aliphatic carboxylic acids is 3. The molecule has 0 radical (unpaired) electrons. The third-order valence-corrected chi connectivity index (χ3v) is 2.80. The molecule has 0 aliphatic carbocycles. The van der Waals surface area contributed by atoms with Crippen LogP contribution in [0.3, 0.4) is 0 Å². The summed E-state index contributed by atoms with van der Waals surface area (Å²) in [6, 6.07) is 0. The van der Waals surface area contributed by atoms with Gasteiger partial charge in [-0.3, -0.25) is 0 Å². The van der Waals surface area contributed by atoms with Gasteiger partial charge in [0, 0.05) is 17.9 Å². The Kier molecular flexibility index (Phi) is 38.9. The maximum atomic E-state index is 8.89. The van der Waals surface area contributed by atoms with Crippen LogP contribution in [-0.4, -0.2) is 35.0 Å². The molecule has 0 aromatic carbocycles. The van der Waals surface area contributed by atoms with Gasteiger partial charge in [0.25, 0.3) is 0 Å². The van der Waals surface area contributed by atoms with Crippen LogP contribution in [0.5, 0.6) is 0 Å². The summed E-state index contributed by atoms with van der Waals surface area (Å²) in [5.74, 6) is -3.25. The molecule has 0 N–H and O–H groups in total. The molecule has 0 unspecified atom stereocenters. The molecule has 152 valence electrons. The summed E-state index contributed by atoms with van der Waals surface area (Å²) in [4.78, 5) is 26.7. The Morgan fingerprint density at radius 1 is 0.654 bits per heavy atom. The molecule has 0 aromatic heterocycles. The van der Waals surface area contributed by atoms with E-state index in [1.807, 2.05) is 0 Å². The number of carboxylic acids is 3. The van der Waals surface area contributed by atoms with Gasteiger partial charge in [-0.15, -0.1) is 0 Å². The Morgan fingerprint density at radius 2 is 0.885 bits per heavy atom. The molecule has 0 bridgehead atoms. The van der Waals surface area contributed by atoms with Crippen molar-refractivity contribution >= 4 is 28.4 Å². The first kappa shape index (κ1) is 32.3. The molecule has 0 aromatic rings. The van der Waals surface area contributed by atoms with E-state index in [9.17, 15) is 0 Å². The van der Waals surface area contributed by atoms with E-state index in [4.69, 9.17) is 34.1 Å². The molecule has 0 saturated heterocycles. The van der Waals surface area contributed by atoms with Crippen molar-refractivity contribution < 1.29 is 34.1 Å². The van der Waals surface area contributed by atoms with Crippen LogP contribution in [0.2, 0.25) is 0 Å². The zero-order chi connectivity index (χ0) is 21.2. The van der Waals surface area contributed by atoms with E-state index in [0.29, 0.717) is 0 Å². The summed E-state index contributed by atoms with van der Waals surface area (Å²) in [5.41, 5.74) is 0. The molecule has 0 amide bonds. The third-order valence-electron chi connectivity index (χ3n) is 2.60. The Balaban J connectivity index is -0.000000164. The molecule has 0 atom stereocenters. The van der Waals surface area contributed by atoms with E-state index >= 15 is 0 Å². The second kappa shape index (κ2) is 31.4. The van der Waals surface area contributed by atoms with Crippen molar-refractivity contribution in [3.63, 3.8) is 0 Å². The molecule has 0 saturated carbocycles. The van der Waals surface area contributed by atoms with Crippen LogP contribution >= 0.6 is 0 Å². The Morgan fingerprint density at radius 3 is 1.12 bits per heavy atom. The van der Waals surface area contributed by atoms with Gasteiger partial charge in [-0.05, 0) is 20.8 Å². The van der Waals surface area contributed by atoms with E-state index in [-0.39, 0.29) is 0 Å². The Bertz CT molecular complexity index is 257. The normalized spacial score (nSPS) is 8.69. The van der Waals surface area contributed by atoms with Crippen LogP contribution in [0.15, 0.2) is 0 Å². The maximum absolute atomic E-state index is 8.89. The molecule has 7 nitrogen and oxygen atoms in total. The standard InChI is InChI=1S/C12H25OSi.3C2H4O2/c1-2-3-4-5-6-7-8-9-10-11-12-13-14;3*1-2(3)4/h2-12H2,1H3;3*1H3,(H,3,4)/q+3;;;/p-3. The Hall–Kier alpha value is -1.41. The van der Waals surface area contributed by atoms with Gasteiger partial charge in [-0.1, -0.05) is 6.92 Å². The molecule has 0 rings (SSSR count). The zero-order valence-electron chi connectivity index (χ0n) is 16.6. The second-order valence-electron chi connectivity index (χ2n) is 5.51. The Labute approximate surface area is 161 Å². The van der Waals surface area contributed by atoms with Gasteiger partial charge < -0.3 is 29.7 Å². The summed E-state index contributed by atoms with van der Waals surface area (Å²) in [7, 11) is 3.01. The minimum atomic E-state index is -1.08. The number of carbonyl (C=O) groups excluding carboxylic acids is 3. The first-order valence-electron chi connectivity index (χ1n) is 8.92. The first-order valence-corrected chi connectivity index (χ1v) is 9.33. The van der Waals surface area contributed by atoms with E-state index in [1.54, 1.807) is 0 Å². The quantitative estimate of drug-likeness (QED) is 0.366. The van der Waals surface area contributed by atoms with Crippen molar-refractivity contribution in [2.45, 2.75) is 91.9 Å². The minimum absolute atomic E-state index is 0.855. The fraction of sp³-hybridized carbons (Fsp3) is 0.833. The molecule has 0 spiro atoms. The van der Waals surface area contributed by atoms with Crippen LogP contribution < -0.4 is 15.3 Å². The topological polar surface area (TPSA) is 130 Å². The molecule has 0 aliphatic rings. The summed E-state index contributed by atoms with van der Waals surface area (Å²) >= 11 is 0. The third kappa shape index (κ3) is 115. The summed E-state index contributed by atoms with van der Waals surface area (Å²) in [6.07, 6.45) is 13.8. The zero-order valence-corrected chi connectivity index (χ0v) is 17.6. The second-order valence-corrected chi connectivity index (χ2v) is 5.79. The van der Waals surface area contributed by atoms with E-state index in [0.717, 1.165) is 27.4 Å². The number of rotatable bonds is 11. The summed E-state index contributed by atoms with van der Waals surface area (Å²) in [5, 5.41) is 26.7. The monoisotopic (exact) mass is 390 g/mol. The average molecular weight is 391 g/mol. The van der Waals surface area contributed by atoms with Crippen molar-refractivity contribution in [2.24, 2.45) is 0 Å². The van der Waals surface area contributed by atoms with Gasteiger partial charge in [0.15, 0.2) is 0 Å². The van der Waals surface area contributed by atoms with Gasteiger partial charge in [0.2, 0.25) is 0 Å². The van der Waals surface area contributed by atoms with E-state index < -0.39 is 17.9 Å². The predicted octanol–water partition coefficient (Wildman–Crippen LogP) is 0.276. The number of carboxylic acid groups (broad SMARTS) is 3. The van der Waals surface area contributed by atoms with Gasteiger partial charge >= 0.3 is 85.7 Å². The first-order chi connectivity index (χ1) is 12.1. The number of hydrogen-bond acceptors (Lipinski definition) is 7. The summed E-state index contributed by atoms with van der Waals surface area (Å²) in [6.45, 7) is 6.04. The number of unbranched alkanes of at least 4 members (excludes halogenated alkanes) is 9. The van der Waals surface area contributed by atoms with Gasteiger partial charge in [-0.25, -0.2) is 0 Å². The van der Waals surface area contributed by atoms with Crippen molar-refractivity contribution in [3.05, 3.63) is 0 Å². The molecule has 26 heavy (non-hydrogen) atoms. The van der Waals surface area contributed by atoms with Gasteiger partial charge in [0.05, 0.1) is 0 Å². The van der Waals surface area contributed by atoms with Crippen LogP contribution in [0.1, 0.15) is 91.9 Å². The van der Waals surface area contributed by atoms with Crippen molar-refractivity contribution in [1.29, 1.82) is 0 Å². The van der Waals surface area contributed by atoms with E-state index in [1.165, 1.54) is 64.2 Å². The molecular formula is C18H34O7Si. The molecule has 0 heterocycles.